The average Bonchev–Trinajstić information content (AvgIpc) is 2.37. The minimum atomic E-state index is -4.25. The Morgan fingerprint density at radius 1 is 1.40 bits per heavy atom. The van der Waals surface area contributed by atoms with Crippen molar-refractivity contribution >= 4 is 33.5 Å². The molecular formula is C10H11ClN2O6S. The van der Waals surface area contributed by atoms with Gasteiger partial charge in [-0.2, -0.15) is 0 Å². The maximum Gasteiger partial charge on any atom is 0.323 e. The van der Waals surface area contributed by atoms with Crippen molar-refractivity contribution in [3.8, 4) is 0 Å². The predicted octanol–water partition coefficient (Wildman–Crippen LogP) is 0.164. The highest BCUT2D eigenvalue weighted by molar-refractivity contribution is 7.89. The van der Waals surface area contributed by atoms with E-state index in [1.807, 2.05) is 0 Å². The number of sulfonamides is 1. The van der Waals surface area contributed by atoms with Crippen molar-refractivity contribution < 1.29 is 28.3 Å². The van der Waals surface area contributed by atoms with Crippen LogP contribution in [0.5, 0.6) is 0 Å². The number of rotatable bonds is 5. The van der Waals surface area contributed by atoms with E-state index in [2.05, 4.69) is 0 Å². The summed E-state index contributed by atoms with van der Waals surface area (Å²) in [5, 5.41) is 17.0. The maximum atomic E-state index is 11.9. The molecule has 1 aromatic rings. The van der Waals surface area contributed by atoms with Crippen molar-refractivity contribution in [1.29, 1.82) is 0 Å². The third-order valence-corrected chi connectivity index (χ3v) is 3.91. The Morgan fingerprint density at radius 3 is 2.50 bits per heavy atom. The number of likely N-dealkylation sites (N-methyl/N-ethyl adjacent to an activating group) is 1. The van der Waals surface area contributed by atoms with Crippen LogP contribution in [0, 0.1) is 0 Å². The molecule has 1 amide bonds. The molecule has 1 rings (SSSR count). The molecule has 0 heterocycles. The molecule has 0 aromatic heterocycles. The third kappa shape index (κ3) is 3.67. The molecule has 0 saturated heterocycles. The van der Waals surface area contributed by atoms with Crippen LogP contribution in [-0.2, 0) is 14.8 Å². The summed E-state index contributed by atoms with van der Waals surface area (Å²) in [5.41, 5.74) is -0.0769. The molecule has 0 aliphatic rings. The van der Waals surface area contributed by atoms with E-state index in [4.69, 9.17) is 21.9 Å². The van der Waals surface area contributed by atoms with Gasteiger partial charge in [0.05, 0.1) is 5.02 Å². The molecule has 0 fully saturated rings. The molecule has 0 unspecified atom stereocenters. The monoisotopic (exact) mass is 322 g/mol. The highest BCUT2D eigenvalue weighted by Crippen LogP contribution is 2.22. The molecule has 0 atom stereocenters. The van der Waals surface area contributed by atoms with Crippen LogP contribution < -0.4 is 4.89 Å². The minimum Gasteiger partial charge on any atom is -0.480 e. The van der Waals surface area contributed by atoms with Gasteiger partial charge in [0.1, 0.15) is 11.4 Å². The molecule has 3 N–H and O–H groups in total. The van der Waals surface area contributed by atoms with E-state index in [9.17, 15) is 18.0 Å². The second kappa shape index (κ2) is 6.18. The Balaban J connectivity index is 3.19. The van der Waals surface area contributed by atoms with E-state index < -0.39 is 33.3 Å². The molecule has 0 spiro atoms. The number of carboxylic acid groups (broad SMARTS) is 1. The van der Waals surface area contributed by atoms with Crippen LogP contribution in [0.15, 0.2) is 23.1 Å². The van der Waals surface area contributed by atoms with Gasteiger partial charge < -0.3 is 15.2 Å². The number of benzene rings is 1. The van der Waals surface area contributed by atoms with Crippen LogP contribution in [0.25, 0.3) is 0 Å². The largest absolute Gasteiger partial charge is 0.480 e. The number of nitrogens with zero attached hydrogens (tertiary/aromatic N) is 1. The lowest BCUT2D eigenvalue weighted by molar-refractivity contribution is -0.137. The van der Waals surface area contributed by atoms with Gasteiger partial charge in [0.15, 0.2) is 0 Å². The van der Waals surface area contributed by atoms with E-state index in [-0.39, 0.29) is 10.6 Å². The van der Waals surface area contributed by atoms with Gasteiger partial charge in [-0.15, -0.1) is 0 Å². The van der Waals surface area contributed by atoms with Gasteiger partial charge in [-0.25, -0.2) is 8.42 Å². The molecule has 0 bridgehead atoms. The van der Waals surface area contributed by atoms with Gasteiger partial charge in [0, 0.05) is 12.6 Å². The summed E-state index contributed by atoms with van der Waals surface area (Å²) in [7, 11) is -2.99. The Labute approximate surface area is 119 Å². The molecule has 1 aromatic carbocycles. The van der Waals surface area contributed by atoms with Crippen LogP contribution in [0.4, 0.5) is 0 Å². The quantitative estimate of drug-likeness (QED) is 0.663. The summed E-state index contributed by atoms with van der Waals surface area (Å²) in [4.78, 5) is 23.9. The first-order chi connectivity index (χ1) is 9.19. The molecule has 0 aliphatic carbocycles. The predicted molar refractivity (Wildman–Crippen MR) is 68.2 cm³/mol. The highest BCUT2D eigenvalue weighted by Gasteiger charge is 2.21. The third-order valence-electron chi connectivity index (χ3n) is 2.31. The number of carboxylic acids is 1. The Kier molecular flexibility index (Phi) is 5.06. The van der Waals surface area contributed by atoms with Crippen molar-refractivity contribution in [3.63, 3.8) is 0 Å². The topological polar surface area (TPSA) is 124 Å². The highest BCUT2D eigenvalue weighted by atomic mass is 35.5. The van der Waals surface area contributed by atoms with E-state index in [0.29, 0.717) is 0 Å². The summed E-state index contributed by atoms with van der Waals surface area (Å²) in [5.74, 6) is -1.90. The van der Waals surface area contributed by atoms with E-state index in [0.717, 1.165) is 21.9 Å². The van der Waals surface area contributed by atoms with Crippen LogP contribution in [0.2, 0.25) is 5.02 Å². The lowest BCUT2D eigenvalue weighted by atomic mass is 10.2. The molecule has 0 radical (unpaired) electrons. The zero-order valence-electron chi connectivity index (χ0n) is 10.2. The first kappa shape index (κ1) is 16.4. The van der Waals surface area contributed by atoms with Crippen molar-refractivity contribution in [2.75, 3.05) is 13.6 Å². The fourth-order valence-electron chi connectivity index (χ4n) is 1.39. The fourth-order valence-corrected chi connectivity index (χ4v) is 2.51. The lowest BCUT2D eigenvalue weighted by Crippen LogP contribution is -2.32. The summed E-state index contributed by atoms with van der Waals surface area (Å²) in [6.07, 6.45) is 0. The van der Waals surface area contributed by atoms with E-state index in [1.54, 1.807) is 0 Å². The van der Waals surface area contributed by atoms with Crippen LogP contribution in [0.3, 0.4) is 0 Å². The fraction of sp³-hybridized carbons (Fsp3) is 0.200. The van der Waals surface area contributed by atoms with Crippen LogP contribution in [-0.4, -0.2) is 49.1 Å². The standard InChI is InChI=1S/C10H11ClN2O6S/c1-13(5-9(14)15)10(16)6-2-3-7(11)8(4-6)20(18,19)12-17/h2-4,12,17H,5H2,1H3,(H,14,15). The summed E-state index contributed by atoms with van der Waals surface area (Å²) < 4.78 is 23.0. The van der Waals surface area contributed by atoms with Crippen molar-refractivity contribution in [2.45, 2.75) is 4.90 Å². The Bertz CT molecular complexity index is 645. The molecule has 8 nitrogen and oxygen atoms in total. The van der Waals surface area contributed by atoms with Gasteiger partial charge in [-0.05, 0) is 18.2 Å². The number of halogens is 1. The average molecular weight is 323 g/mol. The molecule has 10 heteroatoms. The number of hydrogen-bond donors (Lipinski definition) is 3. The number of hydrogen-bond acceptors (Lipinski definition) is 5. The second-order valence-electron chi connectivity index (χ2n) is 3.79. The van der Waals surface area contributed by atoms with Gasteiger partial charge in [-0.3, -0.25) is 9.59 Å². The van der Waals surface area contributed by atoms with Gasteiger partial charge in [0.2, 0.25) is 0 Å². The molecule has 110 valence electrons. The summed E-state index contributed by atoms with van der Waals surface area (Å²) >= 11 is 5.68. The minimum absolute atomic E-state index is 0.0769. The molecular weight excluding hydrogens is 312 g/mol. The first-order valence-corrected chi connectivity index (χ1v) is 6.98. The number of carbonyl (C=O) groups is 2. The zero-order chi connectivity index (χ0) is 15.5. The van der Waals surface area contributed by atoms with Gasteiger partial charge in [-0.1, -0.05) is 16.5 Å². The number of carbonyl (C=O) groups excluding carboxylic acids is 1. The Hall–Kier alpha value is -1.68. The number of amides is 1. The summed E-state index contributed by atoms with van der Waals surface area (Å²) in [6.45, 7) is -0.540. The van der Waals surface area contributed by atoms with E-state index in [1.165, 1.54) is 13.1 Å². The maximum absolute atomic E-state index is 11.9. The SMILES string of the molecule is CN(CC(=O)O)C(=O)c1ccc(Cl)c(S(=O)(=O)NO)c1. The smallest absolute Gasteiger partial charge is 0.323 e. The normalized spacial score (nSPS) is 11.2. The first-order valence-electron chi connectivity index (χ1n) is 5.11. The zero-order valence-corrected chi connectivity index (χ0v) is 11.8. The molecule has 0 aliphatic heterocycles. The van der Waals surface area contributed by atoms with Gasteiger partial charge >= 0.3 is 5.97 Å². The molecule has 0 saturated carbocycles. The van der Waals surface area contributed by atoms with Crippen molar-refractivity contribution in [3.05, 3.63) is 28.8 Å². The Morgan fingerprint density at radius 2 is 2.00 bits per heavy atom. The number of nitrogens with one attached hydrogen (secondary N) is 1. The summed E-state index contributed by atoms with van der Waals surface area (Å²) in [6, 6.07) is 3.36. The van der Waals surface area contributed by atoms with E-state index >= 15 is 0 Å². The number of aliphatic carboxylic acids is 1. The van der Waals surface area contributed by atoms with Crippen LogP contribution in [0.1, 0.15) is 10.4 Å². The van der Waals surface area contributed by atoms with Crippen molar-refractivity contribution in [1.82, 2.24) is 9.79 Å². The van der Waals surface area contributed by atoms with Gasteiger partial charge in [0.25, 0.3) is 15.9 Å². The lowest BCUT2D eigenvalue weighted by Gasteiger charge is -2.15. The van der Waals surface area contributed by atoms with Crippen LogP contribution >= 0.6 is 11.6 Å². The second-order valence-corrected chi connectivity index (χ2v) is 5.83. The van der Waals surface area contributed by atoms with Crippen molar-refractivity contribution in [2.24, 2.45) is 0 Å². The molecule has 20 heavy (non-hydrogen) atoms.